The Hall–Kier alpha value is -3.81. The van der Waals surface area contributed by atoms with E-state index in [1.807, 2.05) is 35.8 Å². The largest absolute Gasteiger partial charge is 0.381 e. The van der Waals surface area contributed by atoms with Crippen molar-refractivity contribution >= 4 is 22.5 Å². The summed E-state index contributed by atoms with van der Waals surface area (Å²) in [6.07, 6.45) is 3.51. The van der Waals surface area contributed by atoms with Crippen LogP contribution in [0.3, 0.4) is 0 Å². The van der Waals surface area contributed by atoms with Gasteiger partial charge in [-0.05, 0) is 36.4 Å². The fourth-order valence-electron chi connectivity index (χ4n) is 3.27. The lowest BCUT2D eigenvalue weighted by molar-refractivity contribution is 0.628. The molecule has 0 amide bonds. The predicted octanol–water partition coefficient (Wildman–Crippen LogP) is 3.07. The van der Waals surface area contributed by atoms with Gasteiger partial charge in [0.05, 0.1) is 16.9 Å². The quantitative estimate of drug-likeness (QED) is 0.523. The van der Waals surface area contributed by atoms with E-state index in [9.17, 15) is 4.39 Å². The van der Waals surface area contributed by atoms with E-state index in [4.69, 9.17) is 5.73 Å². The van der Waals surface area contributed by atoms with Crippen molar-refractivity contribution in [3.8, 4) is 22.5 Å². The van der Waals surface area contributed by atoms with Gasteiger partial charge in [-0.1, -0.05) is 11.3 Å². The van der Waals surface area contributed by atoms with Crippen molar-refractivity contribution in [1.29, 1.82) is 0 Å². The molecule has 0 unspecified atom stereocenters. The number of hydrogen-bond acceptors (Lipinski definition) is 5. The smallest absolute Gasteiger partial charge is 0.180 e. The zero-order valence-electron chi connectivity index (χ0n) is 14.3. The van der Waals surface area contributed by atoms with E-state index in [-0.39, 0.29) is 5.82 Å². The molecule has 0 radical (unpaired) electrons. The van der Waals surface area contributed by atoms with E-state index in [1.165, 1.54) is 12.1 Å². The van der Waals surface area contributed by atoms with Crippen molar-refractivity contribution in [3.63, 3.8) is 0 Å². The molecule has 0 spiro atoms. The number of nitrogen functional groups attached to an aromatic ring is 1. The molecule has 8 heteroatoms. The summed E-state index contributed by atoms with van der Waals surface area (Å²) in [6, 6.07) is 12.0. The van der Waals surface area contributed by atoms with Crippen LogP contribution in [0.2, 0.25) is 0 Å². The van der Waals surface area contributed by atoms with E-state index < -0.39 is 0 Å². The molecule has 0 atom stereocenters. The maximum atomic E-state index is 13.4. The Kier molecular flexibility index (Phi) is 3.20. The number of halogens is 1. The summed E-state index contributed by atoms with van der Waals surface area (Å²) in [4.78, 5) is 8.88. The second-order valence-corrected chi connectivity index (χ2v) is 6.24. The molecule has 7 nitrogen and oxygen atoms in total. The van der Waals surface area contributed by atoms with Crippen LogP contribution in [0, 0.1) is 5.82 Å². The van der Waals surface area contributed by atoms with Crippen molar-refractivity contribution < 1.29 is 4.39 Å². The van der Waals surface area contributed by atoms with E-state index >= 15 is 0 Å². The van der Waals surface area contributed by atoms with Gasteiger partial charge in [0, 0.05) is 30.6 Å². The number of nitrogens with zero attached hydrogens (tertiary/aromatic N) is 6. The third kappa shape index (κ3) is 2.34. The molecule has 0 saturated heterocycles. The van der Waals surface area contributed by atoms with E-state index in [0.717, 1.165) is 27.9 Å². The van der Waals surface area contributed by atoms with E-state index in [1.54, 1.807) is 23.0 Å². The second kappa shape index (κ2) is 5.60. The van der Waals surface area contributed by atoms with Gasteiger partial charge >= 0.3 is 0 Å². The minimum atomic E-state index is -0.306. The van der Waals surface area contributed by atoms with Gasteiger partial charge in [-0.3, -0.25) is 4.40 Å². The zero-order valence-corrected chi connectivity index (χ0v) is 14.3. The van der Waals surface area contributed by atoms with Crippen LogP contribution >= 0.6 is 0 Å². The summed E-state index contributed by atoms with van der Waals surface area (Å²) in [5.74, 6) is 0.00529. The normalized spacial score (nSPS) is 11.5. The highest BCUT2D eigenvalue weighted by molar-refractivity contribution is 5.87. The van der Waals surface area contributed by atoms with Crippen LogP contribution < -0.4 is 5.73 Å². The minimum absolute atomic E-state index is 0.306. The molecule has 27 heavy (non-hydrogen) atoms. The van der Waals surface area contributed by atoms with Crippen LogP contribution in [-0.2, 0) is 7.05 Å². The summed E-state index contributed by atoms with van der Waals surface area (Å²) in [6.45, 7) is 0. The number of aryl methyl sites for hydroxylation is 1. The summed E-state index contributed by atoms with van der Waals surface area (Å²) < 4.78 is 17.0. The molecule has 0 fully saturated rings. The van der Waals surface area contributed by atoms with Crippen LogP contribution in [0.5, 0.6) is 0 Å². The molecule has 5 aromatic rings. The Bertz CT molecular complexity index is 1300. The first kappa shape index (κ1) is 15.4. The summed E-state index contributed by atoms with van der Waals surface area (Å²) in [7, 11) is 1.84. The van der Waals surface area contributed by atoms with Crippen molar-refractivity contribution in [1.82, 2.24) is 29.4 Å². The molecule has 3 aromatic heterocycles. The molecular weight excluding hydrogens is 345 g/mol. The van der Waals surface area contributed by atoms with Crippen LogP contribution in [0.4, 0.5) is 10.2 Å². The number of nitrogens with two attached hydrogens (primary N) is 1. The number of fused-ring (bicyclic) bond motifs is 2. The summed E-state index contributed by atoms with van der Waals surface area (Å²) >= 11 is 0. The molecule has 3 heterocycles. The highest BCUT2D eigenvalue weighted by Gasteiger charge is 2.18. The first-order valence-electron chi connectivity index (χ1n) is 8.30. The minimum Gasteiger partial charge on any atom is -0.381 e. The van der Waals surface area contributed by atoms with Gasteiger partial charge < -0.3 is 5.73 Å². The highest BCUT2D eigenvalue weighted by Crippen LogP contribution is 2.34. The molecule has 5 rings (SSSR count). The fourth-order valence-corrected chi connectivity index (χ4v) is 3.27. The van der Waals surface area contributed by atoms with Gasteiger partial charge in [0.1, 0.15) is 11.3 Å². The van der Waals surface area contributed by atoms with Gasteiger partial charge in [-0.25, -0.2) is 19.0 Å². The topological polar surface area (TPSA) is 86.9 Å². The van der Waals surface area contributed by atoms with Crippen molar-refractivity contribution in [2.75, 3.05) is 5.73 Å². The third-order valence-corrected chi connectivity index (χ3v) is 4.57. The zero-order chi connectivity index (χ0) is 18.5. The molecule has 0 aliphatic carbocycles. The lowest BCUT2D eigenvalue weighted by Crippen LogP contribution is -2.04. The predicted molar refractivity (Wildman–Crippen MR) is 100 cm³/mol. The maximum Gasteiger partial charge on any atom is 0.180 e. The lowest BCUT2D eigenvalue weighted by atomic mass is 10.0. The van der Waals surface area contributed by atoms with Crippen molar-refractivity contribution in [2.24, 2.45) is 7.05 Å². The number of imidazole rings is 1. The Morgan fingerprint density at radius 3 is 2.63 bits per heavy atom. The maximum absolute atomic E-state index is 13.4. The van der Waals surface area contributed by atoms with Gasteiger partial charge in [-0.2, -0.15) is 0 Å². The molecule has 0 aliphatic heterocycles. The fraction of sp³-hybridized carbons (Fsp3) is 0.0526. The second-order valence-electron chi connectivity index (χ2n) is 6.24. The van der Waals surface area contributed by atoms with Crippen LogP contribution in [0.1, 0.15) is 0 Å². The summed E-state index contributed by atoms with van der Waals surface area (Å²) in [5.41, 5.74) is 11.5. The highest BCUT2D eigenvalue weighted by atomic mass is 19.1. The number of aromatic nitrogens is 6. The van der Waals surface area contributed by atoms with E-state index in [2.05, 4.69) is 20.3 Å². The SMILES string of the molecule is Cn1nnc2ccc(-c3c(-c4ccc(F)cc4)nc(N)c4nccn34)cc21. The van der Waals surface area contributed by atoms with Crippen LogP contribution in [0.15, 0.2) is 54.9 Å². The molecule has 132 valence electrons. The molecule has 0 aliphatic rings. The summed E-state index contributed by atoms with van der Waals surface area (Å²) in [5, 5.41) is 8.18. The third-order valence-electron chi connectivity index (χ3n) is 4.57. The van der Waals surface area contributed by atoms with E-state index in [0.29, 0.717) is 17.2 Å². The Balaban J connectivity index is 1.87. The first-order valence-corrected chi connectivity index (χ1v) is 8.30. The molecule has 2 N–H and O–H groups in total. The monoisotopic (exact) mass is 359 g/mol. The number of benzene rings is 2. The Labute approximate surface area is 152 Å². The van der Waals surface area contributed by atoms with Crippen molar-refractivity contribution in [3.05, 3.63) is 60.7 Å². The Morgan fingerprint density at radius 2 is 1.81 bits per heavy atom. The average molecular weight is 359 g/mol. The number of rotatable bonds is 2. The molecule has 2 aromatic carbocycles. The molecular formula is C19H14FN7. The lowest BCUT2D eigenvalue weighted by Gasteiger charge is -2.14. The number of anilines is 1. The molecule has 0 bridgehead atoms. The van der Waals surface area contributed by atoms with Crippen LogP contribution in [-0.4, -0.2) is 29.4 Å². The van der Waals surface area contributed by atoms with Gasteiger partial charge in [0.2, 0.25) is 0 Å². The number of hydrogen-bond donors (Lipinski definition) is 1. The first-order chi connectivity index (χ1) is 13.1. The van der Waals surface area contributed by atoms with Gasteiger partial charge in [0.15, 0.2) is 11.5 Å². The molecule has 0 saturated carbocycles. The van der Waals surface area contributed by atoms with Gasteiger partial charge in [-0.15, -0.1) is 5.10 Å². The van der Waals surface area contributed by atoms with Crippen molar-refractivity contribution in [2.45, 2.75) is 0 Å². The Morgan fingerprint density at radius 1 is 1.04 bits per heavy atom. The van der Waals surface area contributed by atoms with Crippen LogP contribution in [0.25, 0.3) is 39.2 Å². The standard InChI is InChI=1S/C19H14FN7/c1-26-15-10-12(4-7-14(15)24-25-26)17-16(11-2-5-13(20)6-3-11)23-18(21)19-22-8-9-27(17)19/h2-10H,1H3,(H2,21,23). The average Bonchev–Trinajstić information content (AvgIpc) is 3.30. The van der Waals surface area contributed by atoms with Gasteiger partial charge in [0.25, 0.3) is 0 Å².